The maximum atomic E-state index is 10.9. The molecule has 0 spiro atoms. The molecular weight excluding hydrogens is 268 g/mol. The highest BCUT2D eigenvalue weighted by Gasteiger charge is 2.32. The maximum Gasteiger partial charge on any atom is 0.0731 e. The number of hydrogen-bond donors (Lipinski definition) is 1. The van der Waals surface area contributed by atoms with Gasteiger partial charge in [-0.3, -0.25) is 0 Å². The molecule has 0 bridgehead atoms. The molecule has 1 aliphatic rings. The summed E-state index contributed by atoms with van der Waals surface area (Å²) in [5, 5.41) is 11.7. The SMILES string of the molecule is Cc1ccc(CC2(O)CCc3ccccc3C2)c(Cl)c1. The molecule has 0 saturated carbocycles. The zero-order chi connectivity index (χ0) is 14.2. The van der Waals surface area contributed by atoms with Crippen LogP contribution in [0, 0.1) is 6.92 Å². The van der Waals surface area contributed by atoms with Crippen LogP contribution in [0.4, 0.5) is 0 Å². The van der Waals surface area contributed by atoms with Gasteiger partial charge in [-0.05, 0) is 48.1 Å². The van der Waals surface area contributed by atoms with Crippen LogP contribution in [0.1, 0.15) is 28.7 Å². The lowest BCUT2D eigenvalue weighted by Gasteiger charge is -2.34. The Morgan fingerprint density at radius 1 is 1.15 bits per heavy atom. The molecule has 1 unspecified atom stereocenters. The lowest BCUT2D eigenvalue weighted by molar-refractivity contribution is 0.0267. The molecule has 2 aromatic carbocycles. The van der Waals surface area contributed by atoms with Gasteiger partial charge in [0.25, 0.3) is 0 Å². The first-order chi connectivity index (χ1) is 9.56. The van der Waals surface area contributed by atoms with Gasteiger partial charge in [-0.15, -0.1) is 0 Å². The van der Waals surface area contributed by atoms with Crippen LogP contribution in [0.2, 0.25) is 5.02 Å². The smallest absolute Gasteiger partial charge is 0.0731 e. The van der Waals surface area contributed by atoms with Gasteiger partial charge < -0.3 is 5.11 Å². The van der Waals surface area contributed by atoms with Crippen LogP contribution >= 0.6 is 11.6 Å². The average Bonchev–Trinajstić information content (AvgIpc) is 2.42. The molecule has 0 amide bonds. The van der Waals surface area contributed by atoms with Crippen molar-refractivity contribution >= 4 is 11.6 Å². The van der Waals surface area contributed by atoms with E-state index < -0.39 is 5.60 Å². The number of aryl methyl sites for hydroxylation is 2. The van der Waals surface area contributed by atoms with E-state index in [0.29, 0.717) is 12.8 Å². The van der Waals surface area contributed by atoms with Gasteiger partial charge in [-0.1, -0.05) is 48.0 Å². The lowest BCUT2D eigenvalue weighted by Crippen LogP contribution is -2.38. The summed E-state index contributed by atoms with van der Waals surface area (Å²) >= 11 is 6.30. The topological polar surface area (TPSA) is 20.2 Å². The van der Waals surface area contributed by atoms with E-state index in [0.717, 1.165) is 29.0 Å². The van der Waals surface area contributed by atoms with Gasteiger partial charge in [0, 0.05) is 17.9 Å². The van der Waals surface area contributed by atoms with Crippen LogP contribution < -0.4 is 0 Å². The molecule has 104 valence electrons. The monoisotopic (exact) mass is 286 g/mol. The van der Waals surface area contributed by atoms with Crippen LogP contribution in [0.15, 0.2) is 42.5 Å². The minimum atomic E-state index is -0.673. The molecule has 1 N–H and O–H groups in total. The highest BCUT2D eigenvalue weighted by atomic mass is 35.5. The number of halogens is 1. The molecule has 20 heavy (non-hydrogen) atoms. The predicted octanol–water partition coefficient (Wildman–Crippen LogP) is 4.11. The van der Waals surface area contributed by atoms with Crippen molar-refractivity contribution in [2.45, 2.75) is 38.2 Å². The number of aliphatic hydroxyl groups is 1. The van der Waals surface area contributed by atoms with Gasteiger partial charge >= 0.3 is 0 Å². The first-order valence-electron chi connectivity index (χ1n) is 7.10. The highest BCUT2D eigenvalue weighted by Crippen LogP contribution is 2.33. The standard InChI is InChI=1S/C18H19ClO/c1-13-6-7-16(17(19)10-13)12-18(20)9-8-14-4-2-3-5-15(14)11-18/h2-7,10,20H,8-9,11-12H2,1H3. The van der Waals surface area contributed by atoms with E-state index in [2.05, 4.69) is 24.3 Å². The second kappa shape index (κ2) is 5.23. The Morgan fingerprint density at radius 3 is 2.65 bits per heavy atom. The second-order valence-electron chi connectivity index (χ2n) is 5.94. The Kier molecular flexibility index (Phi) is 3.57. The van der Waals surface area contributed by atoms with Gasteiger partial charge in [0.1, 0.15) is 0 Å². The molecule has 2 heteroatoms. The fourth-order valence-corrected chi connectivity index (χ4v) is 3.39. The molecule has 0 fully saturated rings. The molecule has 0 saturated heterocycles. The minimum Gasteiger partial charge on any atom is -0.389 e. The Bertz CT molecular complexity index is 635. The van der Waals surface area contributed by atoms with E-state index in [-0.39, 0.29) is 0 Å². The van der Waals surface area contributed by atoms with Gasteiger partial charge in [0.05, 0.1) is 5.60 Å². The van der Waals surface area contributed by atoms with E-state index >= 15 is 0 Å². The third kappa shape index (κ3) is 2.74. The molecular formula is C18H19ClO. The number of fused-ring (bicyclic) bond motifs is 1. The molecule has 2 aromatic rings. The average molecular weight is 287 g/mol. The first kappa shape index (κ1) is 13.7. The van der Waals surface area contributed by atoms with Crippen molar-refractivity contribution < 1.29 is 5.11 Å². The van der Waals surface area contributed by atoms with Crippen molar-refractivity contribution in [2.24, 2.45) is 0 Å². The minimum absolute atomic E-state index is 0.625. The summed E-state index contributed by atoms with van der Waals surface area (Å²) in [7, 11) is 0. The summed E-state index contributed by atoms with van der Waals surface area (Å²) in [5.74, 6) is 0. The van der Waals surface area contributed by atoms with E-state index in [1.54, 1.807) is 0 Å². The van der Waals surface area contributed by atoms with Gasteiger partial charge in [-0.2, -0.15) is 0 Å². The molecule has 3 rings (SSSR count). The van der Waals surface area contributed by atoms with Crippen molar-refractivity contribution in [1.29, 1.82) is 0 Å². The van der Waals surface area contributed by atoms with Crippen molar-refractivity contribution in [3.63, 3.8) is 0 Å². The molecule has 0 aromatic heterocycles. The Hall–Kier alpha value is -1.31. The normalized spacial score (nSPS) is 21.6. The van der Waals surface area contributed by atoms with Crippen LogP contribution in [0.5, 0.6) is 0 Å². The summed E-state index contributed by atoms with van der Waals surface area (Å²) in [6.45, 7) is 2.03. The van der Waals surface area contributed by atoms with Crippen LogP contribution in [0.3, 0.4) is 0 Å². The van der Waals surface area contributed by atoms with E-state index in [9.17, 15) is 5.11 Å². The van der Waals surface area contributed by atoms with Crippen molar-refractivity contribution in [1.82, 2.24) is 0 Å². The Balaban J connectivity index is 1.84. The second-order valence-corrected chi connectivity index (χ2v) is 6.35. The van der Waals surface area contributed by atoms with Crippen LogP contribution in [0.25, 0.3) is 0 Å². The van der Waals surface area contributed by atoms with E-state index in [1.807, 2.05) is 25.1 Å². The van der Waals surface area contributed by atoms with Gasteiger partial charge in [-0.25, -0.2) is 0 Å². The zero-order valence-corrected chi connectivity index (χ0v) is 12.5. The summed E-state index contributed by atoms with van der Waals surface area (Å²) in [6, 6.07) is 14.5. The molecule has 0 aliphatic heterocycles. The molecule has 1 atom stereocenters. The molecule has 0 radical (unpaired) electrons. The zero-order valence-electron chi connectivity index (χ0n) is 11.7. The first-order valence-corrected chi connectivity index (χ1v) is 7.48. The molecule has 1 aliphatic carbocycles. The molecule has 1 nitrogen and oxygen atoms in total. The largest absolute Gasteiger partial charge is 0.389 e. The Morgan fingerprint density at radius 2 is 1.90 bits per heavy atom. The van der Waals surface area contributed by atoms with E-state index in [1.165, 1.54) is 11.1 Å². The fraction of sp³-hybridized carbons (Fsp3) is 0.333. The third-order valence-corrected chi connectivity index (χ3v) is 4.58. The van der Waals surface area contributed by atoms with Crippen molar-refractivity contribution in [2.75, 3.05) is 0 Å². The van der Waals surface area contributed by atoms with E-state index in [4.69, 9.17) is 11.6 Å². The maximum absolute atomic E-state index is 10.9. The van der Waals surface area contributed by atoms with Gasteiger partial charge in [0.2, 0.25) is 0 Å². The summed E-state index contributed by atoms with van der Waals surface area (Å²) in [5.41, 5.74) is 4.16. The third-order valence-electron chi connectivity index (χ3n) is 4.23. The van der Waals surface area contributed by atoms with Crippen LogP contribution in [-0.4, -0.2) is 10.7 Å². The molecule has 0 heterocycles. The summed E-state index contributed by atoms with van der Waals surface area (Å²) in [4.78, 5) is 0. The number of rotatable bonds is 2. The number of benzene rings is 2. The van der Waals surface area contributed by atoms with Crippen molar-refractivity contribution in [3.8, 4) is 0 Å². The summed E-state index contributed by atoms with van der Waals surface area (Å²) in [6.07, 6.45) is 3.08. The van der Waals surface area contributed by atoms with Crippen LogP contribution in [-0.2, 0) is 19.3 Å². The predicted molar refractivity (Wildman–Crippen MR) is 83.3 cm³/mol. The summed E-state index contributed by atoms with van der Waals surface area (Å²) < 4.78 is 0. The highest BCUT2D eigenvalue weighted by molar-refractivity contribution is 6.31. The lowest BCUT2D eigenvalue weighted by atomic mass is 9.77. The van der Waals surface area contributed by atoms with Gasteiger partial charge in [0.15, 0.2) is 0 Å². The van der Waals surface area contributed by atoms with Crippen molar-refractivity contribution in [3.05, 3.63) is 69.7 Å². The quantitative estimate of drug-likeness (QED) is 0.881. The number of hydrogen-bond acceptors (Lipinski definition) is 1. The Labute approximate surface area is 125 Å². The fourth-order valence-electron chi connectivity index (χ4n) is 3.09.